The van der Waals surface area contributed by atoms with Gasteiger partial charge in [0.2, 0.25) is 0 Å². The van der Waals surface area contributed by atoms with E-state index in [1.54, 1.807) is 0 Å². The molecule has 0 heterocycles. The normalized spacial score (nSPS) is 31.6. The van der Waals surface area contributed by atoms with Gasteiger partial charge in [0.25, 0.3) is 5.91 Å². The Morgan fingerprint density at radius 3 is 2.54 bits per heavy atom. The van der Waals surface area contributed by atoms with Crippen LogP contribution in [-0.2, 0) is 4.79 Å². The number of hydrogen-bond donors (Lipinski definition) is 1. The summed E-state index contributed by atoms with van der Waals surface area (Å²) in [5.74, 6) is 0.345. The Labute approximate surface area is 84.3 Å². The van der Waals surface area contributed by atoms with Gasteiger partial charge >= 0.3 is 0 Å². The number of carbonyl (C=O) groups excluding carboxylic acids is 1. The molecule has 3 heteroatoms. The number of nitrogens with one attached hydrogen (secondary N) is 1. The second kappa shape index (κ2) is 3.33. The lowest BCUT2D eigenvalue weighted by Gasteiger charge is -2.15. The van der Waals surface area contributed by atoms with Gasteiger partial charge in [-0.15, -0.1) is 0 Å². The lowest BCUT2D eigenvalue weighted by Crippen LogP contribution is -2.30. The molecule has 0 spiro atoms. The minimum atomic E-state index is -0.240. The third kappa shape index (κ3) is 2.05. The molecule has 1 aliphatic carbocycles. The van der Waals surface area contributed by atoms with Crippen LogP contribution in [0.2, 0.25) is 0 Å². The van der Waals surface area contributed by atoms with Gasteiger partial charge in [0, 0.05) is 6.04 Å². The minimum absolute atomic E-state index is 0.0676. The van der Waals surface area contributed by atoms with Crippen molar-refractivity contribution in [1.29, 1.82) is 0 Å². The first-order chi connectivity index (χ1) is 5.88. The molecule has 1 saturated carbocycles. The van der Waals surface area contributed by atoms with Crippen molar-refractivity contribution in [3.8, 4) is 0 Å². The summed E-state index contributed by atoms with van der Waals surface area (Å²) in [6.45, 7) is 9.90. The second-order valence-corrected chi connectivity index (χ2v) is 4.75. The van der Waals surface area contributed by atoms with Crippen LogP contribution in [0.4, 0.5) is 0 Å². The summed E-state index contributed by atoms with van der Waals surface area (Å²) in [6, 6.07) is 0.274. The Balaban J connectivity index is 2.44. The molecule has 0 saturated heterocycles. The Hall–Kier alpha value is -0.500. The maximum atomic E-state index is 11.2. The van der Waals surface area contributed by atoms with E-state index in [2.05, 4.69) is 32.7 Å². The maximum Gasteiger partial charge on any atom is 0.262 e. The number of rotatable bonds is 3. The fourth-order valence-electron chi connectivity index (χ4n) is 1.47. The van der Waals surface area contributed by atoms with Gasteiger partial charge in [0.05, 0.1) is 5.03 Å². The van der Waals surface area contributed by atoms with E-state index in [1.807, 2.05) is 0 Å². The highest BCUT2D eigenvalue weighted by Crippen LogP contribution is 2.51. The minimum Gasteiger partial charge on any atom is -0.348 e. The first kappa shape index (κ1) is 10.6. The number of hydrogen-bond acceptors (Lipinski definition) is 1. The van der Waals surface area contributed by atoms with E-state index >= 15 is 0 Å². The van der Waals surface area contributed by atoms with E-state index in [9.17, 15) is 4.79 Å². The summed E-state index contributed by atoms with van der Waals surface area (Å²) in [7, 11) is 0. The van der Waals surface area contributed by atoms with Crippen LogP contribution < -0.4 is 5.32 Å². The van der Waals surface area contributed by atoms with Crippen LogP contribution in [0.25, 0.3) is 0 Å². The van der Waals surface area contributed by atoms with Crippen LogP contribution in [0, 0.1) is 11.3 Å². The van der Waals surface area contributed by atoms with Gasteiger partial charge in [-0.05, 0) is 17.8 Å². The predicted octanol–water partition coefficient (Wildman–Crippen LogP) is 2.29. The molecule has 1 amide bonds. The van der Waals surface area contributed by atoms with Crippen molar-refractivity contribution >= 4 is 17.5 Å². The van der Waals surface area contributed by atoms with E-state index in [0.29, 0.717) is 5.92 Å². The van der Waals surface area contributed by atoms with E-state index in [-0.39, 0.29) is 22.4 Å². The van der Waals surface area contributed by atoms with Gasteiger partial charge in [-0.1, -0.05) is 39.0 Å². The monoisotopic (exact) mass is 201 g/mol. The second-order valence-electron chi connectivity index (χ2n) is 4.30. The first-order valence-electron chi connectivity index (χ1n) is 4.53. The van der Waals surface area contributed by atoms with Crippen molar-refractivity contribution in [2.75, 3.05) is 0 Å². The molecule has 0 aromatic rings. The smallest absolute Gasteiger partial charge is 0.262 e. The molecule has 1 fully saturated rings. The highest BCUT2D eigenvalue weighted by atomic mass is 35.5. The SMILES string of the molecule is C=C(Cl)C(=O)NC1CC1(C)C(C)C. The quantitative estimate of drug-likeness (QED) is 0.698. The molecule has 0 aliphatic heterocycles. The summed E-state index contributed by atoms with van der Waals surface area (Å²) in [4.78, 5) is 11.2. The third-order valence-corrected chi connectivity index (χ3v) is 3.32. The van der Waals surface area contributed by atoms with Gasteiger partial charge < -0.3 is 5.32 Å². The summed E-state index contributed by atoms with van der Waals surface area (Å²) >= 11 is 5.47. The topological polar surface area (TPSA) is 29.1 Å². The third-order valence-electron chi connectivity index (χ3n) is 3.15. The highest BCUT2D eigenvalue weighted by Gasteiger charge is 2.52. The Morgan fingerprint density at radius 2 is 2.23 bits per heavy atom. The van der Waals surface area contributed by atoms with Crippen molar-refractivity contribution in [1.82, 2.24) is 5.32 Å². The zero-order chi connectivity index (χ0) is 10.2. The van der Waals surface area contributed by atoms with Crippen molar-refractivity contribution in [3.05, 3.63) is 11.6 Å². The Morgan fingerprint density at radius 1 is 1.69 bits per heavy atom. The first-order valence-corrected chi connectivity index (χ1v) is 4.91. The van der Waals surface area contributed by atoms with Crippen LogP contribution >= 0.6 is 11.6 Å². The molecule has 0 radical (unpaired) electrons. The standard InChI is InChI=1S/C10H16ClNO/c1-6(2)10(4)5-8(10)12-9(13)7(3)11/h6,8H,3,5H2,1-2,4H3,(H,12,13). The molecule has 0 bridgehead atoms. The lowest BCUT2D eigenvalue weighted by molar-refractivity contribution is -0.117. The molecule has 2 atom stereocenters. The van der Waals surface area contributed by atoms with Crippen molar-refractivity contribution in [2.24, 2.45) is 11.3 Å². The molecule has 0 aromatic heterocycles. The maximum absolute atomic E-state index is 11.2. The highest BCUT2D eigenvalue weighted by molar-refractivity contribution is 6.41. The van der Waals surface area contributed by atoms with Crippen LogP contribution in [0.15, 0.2) is 11.6 Å². The number of halogens is 1. The molecule has 0 aromatic carbocycles. The van der Waals surface area contributed by atoms with Crippen molar-refractivity contribution in [3.63, 3.8) is 0 Å². The van der Waals surface area contributed by atoms with Gasteiger partial charge in [-0.2, -0.15) is 0 Å². The molecular weight excluding hydrogens is 186 g/mol. The van der Waals surface area contributed by atoms with E-state index in [4.69, 9.17) is 11.6 Å². The fraction of sp³-hybridized carbons (Fsp3) is 0.700. The molecule has 74 valence electrons. The van der Waals surface area contributed by atoms with Gasteiger partial charge in [0.1, 0.15) is 0 Å². The fourth-order valence-corrected chi connectivity index (χ4v) is 1.53. The molecule has 2 unspecified atom stereocenters. The summed E-state index contributed by atoms with van der Waals surface area (Å²) in [5, 5.41) is 2.92. The van der Waals surface area contributed by atoms with Gasteiger partial charge in [-0.25, -0.2) is 0 Å². The zero-order valence-corrected chi connectivity index (χ0v) is 9.11. The summed E-state index contributed by atoms with van der Waals surface area (Å²) in [6.07, 6.45) is 1.04. The van der Waals surface area contributed by atoms with Crippen LogP contribution in [0.3, 0.4) is 0 Å². The number of amides is 1. The summed E-state index contributed by atoms with van der Waals surface area (Å²) in [5.41, 5.74) is 0.252. The van der Waals surface area contributed by atoms with Gasteiger partial charge in [0.15, 0.2) is 0 Å². The Kier molecular flexibility index (Phi) is 2.71. The zero-order valence-electron chi connectivity index (χ0n) is 8.36. The summed E-state index contributed by atoms with van der Waals surface area (Å²) < 4.78 is 0. The van der Waals surface area contributed by atoms with E-state index in [1.165, 1.54) is 0 Å². The number of carbonyl (C=O) groups is 1. The average Bonchev–Trinajstić information content (AvgIpc) is 2.63. The molecule has 13 heavy (non-hydrogen) atoms. The largest absolute Gasteiger partial charge is 0.348 e. The lowest BCUT2D eigenvalue weighted by atomic mass is 9.94. The molecule has 1 N–H and O–H groups in total. The van der Waals surface area contributed by atoms with Crippen LogP contribution in [0.5, 0.6) is 0 Å². The molecule has 1 rings (SSSR count). The van der Waals surface area contributed by atoms with Crippen molar-refractivity contribution < 1.29 is 4.79 Å². The van der Waals surface area contributed by atoms with Crippen molar-refractivity contribution in [2.45, 2.75) is 33.2 Å². The molecule has 2 nitrogen and oxygen atoms in total. The average molecular weight is 202 g/mol. The van der Waals surface area contributed by atoms with E-state index in [0.717, 1.165) is 6.42 Å². The molecular formula is C10H16ClNO. The van der Waals surface area contributed by atoms with Crippen LogP contribution in [0.1, 0.15) is 27.2 Å². The molecule has 1 aliphatic rings. The van der Waals surface area contributed by atoms with Crippen LogP contribution in [-0.4, -0.2) is 11.9 Å². The Bertz CT molecular complexity index is 249. The van der Waals surface area contributed by atoms with E-state index < -0.39 is 0 Å². The van der Waals surface area contributed by atoms with Gasteiger partial charge in [-0.3, -0.25) is 4.79 Å². The predicted molar refractivity (Wildman–Crippen MR) is 54.5 cm³/mol.